The number of rotatable bonds is 8. The first-order chi connectivity index (χ1) is 15.1. The fraction of sp³-hybridized carbons (Fsp3) is 0.591. The SMILES string of the molecule is CS(=O)(=O)N[C@@H]1CCCC[C@H]1CC(=O)N1CC(C(=N)N)CC1C(=O)NCc1ccccc1. The fourth-order valence-corrected chi connectivity index (χ4v) is 5.57. The Bertz CT molecular complexity index is 937. The van der Waals surface area contributed by atoms with Gasteiger partial charge in [-0.15, -0.1) is 0 Å². The largest absolute Gasteiger partial charge is 0.387 e. The van der Waals surface area contributed by atoms with Crippen molar-refractivity contribution >= 4 is 27.7 Å². The lowest BCUT2D eigenvalue weighted by atomic mass is 9.82. The summed E-state index contributed by atoms with van der Waals surface area (Å²) < 4.78 is 26.1. The Balaban J connectivity index is 1.68. The number of carbonyl (C=O) groups excluding carboxylic acids is 2. The molecule has 9 nitrogen and oxygen atoms in total. The summed E-state index contributed by atoms with van der Waals surface area (Å²) in [4.78, 5) is 27.7. The van der Waals surface area contributed by atoms with Crippen molar-refractivity contribution in [2.75, 3.05) is 12.8 Å². The van der Waals surface area contributed by atoms with Crippen molar-refractivity contribution in [3.8, 4) is 0 Å². The van der Waals surface area contributed by atoms with E-state index < -0.39 is 16.1 Å². The summed E-state index contributed by atoms with van der Waals surface area (Å²) in [6.45, 7) is 0.584. The molecule has 2 fully saturated rings. The highest BCUT2D eigenvalue weighted by atomic mass is 32.2. The lowest BCUT2D eigenvalue weighted by Crippen LogP contribution is -2.48. The topological polar surface area (TPSA) is 145 Å². The second-order valence-electron chi connectivity index (χ2n) is 8.90. The highest BCUT2D eigenvalue weighted by Crippen LogP contribution is 2.31. The van der Waals surface area contributed by atoms with Gasteiger partial charge in [0.2, 0.25) is 21.8 Å². The molecule has 1 aliphatic carbocycles. The molecule has 1 saturated heterocycles. The lowest BCUT2D eigenvalue weighted by molar-refractivity contribution is -0.139. The first-order valence-electron chi connectivity index (χ1n) is 11.1. The molecular weight excluding hydrogens is 430 g/mol. The third-order valence-corrected chi connectivity index (χ3v) is 7.12. The van der Waals surface area contributed by atoms with Gasteiger partial charge in [0.25, 0.3) is 0 Å². The predicted octanol–water partition coefficient (Wildman–Crippen LogP) is 0.954. The highest BCUT2D eigenvalue weighted by Gasteiger charge is 2.41. The summed E-state index contributed by atoms with van der Waals surface area (Å²) in [5.74, 6) is -0.963. The van der Waals surface area contributed by atoms with Crippen LogP contribution in [0.1, 0.15) is 44.1 Å². The number of likely N-dealkylation sites (tertiary alicyclic amines) is 1. The summed E-state index contributed by atoms with van der Waals surface area (Å²) in [6.07, 6.45) is 4.93. The molecule has 0 spiro atoms. The van der Waals surface area contributed by atoms with Gasteiger partial charge in [0.05, 0.1) is 12.1 Å². The number of hydrogen-bond acceptors (Lipinski definition) is 5. The normalized spacial score (nSPS) is 26.0. The van der Waals surface area contributed by atoms with Crippen LogP contribution in [0.4, 0.5) is 0 Å². The quantitative estimate of drug-likeness (QED) is 0.335. The van der Waals surface area contributed by atoms with Crippen LogP contribution in [0.15, 0.2) is 30.3 Å². The Morgan fingerprint density at radius 1 is 1.19 bits per heavy atom. The number of benzene rings is 1. The van der Waals surface area contributed by atoms with Crippen LogP contribution in [0, 0.1) is 17.2 Å². The van der Waals surface area contributed by atoms with Crippen LogP contribution in [-0.2, 0) is 26.2 Å². The molecule has 1 saturated carbocycles. The fourth-order valence-electron chi connectivity index (χ4n) is 4.71. The molecule has 0 radical (unpaired) electrons. The molecule has 2 unspecified atom stereocenters. The van der Waals surface area contributed by atoms with Crippen molar-refractivity contribution < 1.29 is 18.0 Å². The van der Waals surface area contributed by atoms with Gasteiger partial charge in [-0.3, -0.25) is 15.0 Å². The zero-order valence-electron chi connectivity index (χ0n) is 18.4. The van der Waals surface area contributed by atoms with E-state index in [-0.39, 0.29) is 48.5 Å². The van der Waals surface area contributed by atoms with Gasteiger partial charge in [0.1, 0.15) is 6.04 Å². The average molecular weight is 464 g/mol. The molecule has 32 heavy (non-hydrogen) atoms. The number of nitrogens with two attached hydrogens (primary N) is 1. The smallest absolute Gasteiger partial charge is 0.243 e. The minimum Gasteiger partial charge on any atom is -0.387 e. The minimum absolute atomic E-state index is 0.0320. The third-order valence-electron chi connectivity index (χ3n) is 6.38. The number of nitrogens with one attached hydrogen (secondary N) is 3. The van der Waals surface area contributed by atoms with E-state index in [1.165, 1.54) is 4.90 Å². The molecule has 2 aliphatic rings. The van der Waals surface area contributed by atoms with Crippen LogP contribution < -0.4 is 15.8 Å². The number of hydrogen-bond donors (Lipinski definition) is 4. The molecule has 4 atom stereocenters. The zero-order valence-corrected chi connectivity index (χ0v) is 19.2. The highest BCUT2D eigenvalue weighted by molar-refractivity contribution is 7.88. The molecule has 5 N–H and O–H groups in total. The van der Waals surface area contributed by atoms with E-state index in [9.17, 15) is 18.0 Å². The molecule has 0 aromatic heterocycles. The molecule has 1 aliphatic heterocycles. The van der Waals surface area contributed by atoms with E-state index in [1.54, 1.807) is 0 Å². The first-order valence-corrected chi connectivity index (χ1v) is 13.0. The maximum absolute atomic E-state index is 13.2. The van der Waals surface area contributed by atoms with Gasteiger partial charge in [-0.2, -0.15) is 0 Å². The molecule has 3 rings (SSSR count). The van der Waals surface area contributed by atoms with Crippen molar-refractivity contribution in [3.05, 3.63) is 35.9 Å². The zero-order chi connectivity index (χ0) is 23.3. The van der Waals surface area contributed by atoms with Crippen molar-refractivity contribution in [3.63, 3.8) is 0 Å². The number of nitrogens with zero attached hydrogens (tertiary/aromatic N) is 1. The molecule has 2 amide bonds. The summed E-state index contributed by atoms with van der Waals surface area (Å²) in [5.41, 5.74) is 6.66. The molecule has 0 bridgehead atoms. The van der Waals surface area contributed by atoms with E-state index in [0.717, 1.165) is 31.1 Å². The van der Waals surface area contributed by atoms with E-state index in [4.69, 9.17) is 11.1 Å². The van der Waals surface area contributed by atoms with E-state index in [2.05, 4.69) is 10.0 Å². The van der Waals surface area contributed by atoms with Crippen LogP contribution in [0.25, 0.3) is 0 Å². The van der Waals surface area contributed by atoms with Crippen LogP contribution in [-0.4, -0.2) is 55.9 Å². The predicted molar refractivity (Wildman–Crippen MR) is 122 cm³/mol. The Kier molecular flexibility index (Phi) is 7.89. The van der Waals surface area contributed by atoms with E-state index in [1.807, 2.05) is 30.3 Å². The summed E-state index contributed by atoms with van der Waals surface area (Å²) >= 11 is 0. The molecule has 1 aromatic carbocycles. The van der Waals surface area contributed by atoms with Crippen molar-refractivity contribution in [1.82, 2.24) is 14.9 Å². The van der Waals surface area contributed by atoms with Crippen molar-refractivity contribution in [2.24, 2.45) is 17.6 Å². The van der Waals surface area contributed by atoms with Crippen LogP contribution in [0.2, 0.25) is 0 Å². The Labute approximate surface area is 189 Å². The second kappa shape index (κ2) is 10.4. The van der Waals surface area contributed by atoms with Crippen LogP contribution in [0.3, 0.4) is 0 Å². The van der Waals surface area contributed by atoms with Gasteiger partial charge >= 0.3 is 0 Å². The Hall–Kier alpha value is -2.46. The Morgan fingerprint density at radius 3 is 2.53 bits per heavy atom. The summed E-state index contributed by atoms with van der Waals surface area (Å²) in [7, 11) is -3.37. The molecule has 176 valence electrons. The molecule has 1 aromatic rings. The lowest BCUT2D eigenvalue weighted by Gasteiger charge is -2.33. The van der Waals surface area contributed by atoms with E-state index in [0.29, 0.717) is 19.4 Å². The third kappa shape index (κ3) is 6.52. The van der Waals surface area contributed by atoms with Crippen LogP contribution in [0.5, 0.6) is 0 Å². The summed E-state index contributed by atoms with van der Waals surface area (Å²) in [6, 6.07) is 8.54. The standard InChI is InChI=1S/C22H33N5O4S/c1-32(30,31)26-18-10-6-5-9-16(18)12-20(28)27-14-17(21(23)24)11-19(27)22(29)25-13-15-7-3-2-4-8-15/h2-4,7-8,16-19,26H,5-6,9-14H2,1H3,(H3,23,24)(H,25,29)/t16-,17?,18+,19?/m0/s1. The maximum Gasteiger partial charge on any atom is 0.243 e. The van der Waals surface area contributed by atoms with Crippen molar-refractivity contribution in [1.29, 1.82) is 5.41 Å². The number of sulfonamides is 1. The second-order valence-corrected chi connectivity index (χ2v) is 10.7. The molecule has 1 heterocycles. The van der Waals surface area contributed by atoms with Gasteiger partial charge < -0.3 is 16.0 Å². The maximum atomic E-state index is 13.2. The molecular formula is C22H33N5O4S. The Morgan fingerprint density at radius 2 is 1.88 bits per heavy atom. The number of carbonyl (C=O) groups is 2. The number of amidine groups is 1. The summed E-state index contributed by atoms with van der Waals surface area (Å²) in [5, 5.41) is 10.7. The molecule has 10 heteroatoms. The van der Waals surface area contributed by atoms with Gasteiger partial charge in [-0.05, 0) is 30.7 Å². The number of amides is 2. The van der Waals surface area contributed by atoms with Gasteiger partial charge in [0, 0.05) is 31.5 Å². The van der Waals surface area contributed by atoms with Gasteiger partial charge in [0.15, 0.2) is 0 Å². The van der Waals surface area contributed by atoms with Gasteiger partial charge in [-0.25, -0.2) is 13.1 Å². The van der Waals surface area contributed by atoms with Crippen LogP contribution >= 0.6 is 0 Å². The minimum atomic E-state index is -3.37. The first kappa shape index (κ1) is 24.2. The average Bonchev–Trinajstić information content (AvgIpc) is 3.19. The van der Waals surface area contributed by atoms with E-state index >= 15 is 0 Å². The van der Waals surface area contributed by atoms with Gasteiger partial charge in [-0.1, -0.05) is 43.2 Å². The van der Waals surface area contributed by atoms with Crippen molar-refractivity contribution in [2.45, 2.75) is 57.2 Å². The monoisotopic (exact) mass is 463 g/mol.